The molecule has 3 aromatic rings. The molecular weight excluding hydrogens is 226 g/mol. The number of aryl methyl sites for hydroxylation is 1. The van der Waals surface area contributed by atoms with Crippen LogP contribution in [0.5, 0.6) is 5.75 Å². The van der Waals surface area contributed by atoms with Gasteiger partial charge in [0.25, 0.3) is 0 Å². The van der Waals surface area contributed by atoms with E-state index in [0.717, 1.165) is 34.2 Å². The smallest absolute Gasteiger partial charge is 0.145 e. The Hall–Kier alpha value is -2.07. The standard InChI is InChI=1S/C14H15N3O/c1-9-13(4-6-15)17-7-5-10-8-11(18)2-3-12(10)14(17)16-9/h2-3,5,7-8,18H,4,6,15H2,1H3. The normalized spacial score (nSPS) is 11.4. The molecular formula is C14H15N3O. The first-order chi connectivity index (χ1) is 8.70. The molecule has 4 nitrogen and oxygen atoms in total. The van der Waals surface area contributed by atoms with E-state index in [1.165, 1.54) is 0 Å². The molecule has 0 saturated carbocycles. The molecule has 0 fully saturated rings. The molecule has 0 aliphatic rings. The van der Waals surface area contributed by atoms with E-state index < -0.39 is 0 Å². The molecule has 2 heterocycles. The van der Waals surface area contributed by atoms with Crippen LogP contribution in [0.4, 0.5) is 0 Å². The van der Waals surface area contributed by atoms with Crippen molar-refractivity contribution in [2.45, 2.75) is 13.3 Å². The molecule has 0 unspecified atom stereocenters. The molecule has 1 aromatic carbocycles. The highest BCUT2D eigenvalue weighted by molar-refractivity contribution is 5.94. The molecule has 0 spiro atoms. The van der Waals surface area contributed by atoms with E-state index in [2.05, 4.69) is 9.38 Å². The third kappa shape index (κ3) is 1.54. The van der Waals surface area contributed by atoms with Crippen LogP contribution in [-0.4, -0.2) is 21.0 Å². The quantitative estimate of drug-likeness (QED) is 0.721. The fourth-order valence-electron chi connectivity index (χ4n) is 2.41. The predicted octanol–water partition coefficient (Wildman–Crippen LogP) is 2.00. The van der Waals surface area contributed by atoms with Gasteiger partial charge in [-0.25, -0.2) is 4.98 Å². The van der Waals surface area contributed by atoms with Crippen LogP contribution in [-0.2, 0) is 6.42 Å². The number of hydrogen-bond donors (Lipinski definition) is 2. The number of hydrogen-bond acceptors (Lipinski definition) is 3. The molecule has 0 bridgehead atoms. The Bertz CT molecular complexity index is 731. The summed E-state index contributed by atoms with van der Waals surface area (Å²) in [4.78, 5) is 4.62. The summed E-state index contributed by atoms with van der Waals surface area (Å²) in [5, 5.41) is 11.5. The van der Waals surface area contributed by atoms with Gasteiger partial charge in [-0.05, 0) is 43.1 Å². The Kier molecular flexibility index (Phi) is 2.45. The maximum Gasteiger partial charge on any atom is 0.145 e. The second-order valence-corrected chi connectivity index (χ2v) is 4.46. The van der Waals surface area contributed by atoms with Gasteiger partial charge in [0.2, 0.25) is 0 Å². The number of nitrogens with zero attached hydrogens (tertiary/aromatic N) is 2. The molecule has 92 valence electrons. The second kappa shape index (κ2) is 3.99. The van der Waals surface area contributed by atoms with Gasteiger partial charge in [-0.15, -0.1) is 0 Å². The number of phenols is 1. The van der Waals surface area contributed by atoms with Crippen LogP contribution >= 0.6 is 0 Å². The summed E-state index contributed by atoms with van der Waals surface area (Å²) >= 11 is 0. The number of phenolic OH excluding ortho intramolecular Hbond substituents is 1. The van der Waals surface area contributed by atoms with Crippen molar-refractivity contribution < 1.29 is 5.11 Å². The largest absolute Gasteiger partial charge is 0.508 e. The number of pyridine rings is 1. The average Bonchev–Trinajstić information content (AvgIpc) is 2.66. The monoisotopic (exact) mass is 241 g/mol. The van der Waals surface area contributed by atoms with Crippen LogP contribution in [0.2, 0.25) is 0 Å². The summed E-state index contributed by atoms with van der Waals surface area (Å²) in [5.41, 5.74) is 8.73. The van der Waals surface area contributed by atoms with E-state index in [0.29, 0.717) is 6.54 Å². The van der Waals surface area contributed by atoms with Crippen molar-refractivity contribution >= 4 is 16.4 Å². The van der Waals surface area contributed by atoms with Crippen molar-refractivity contribution in [1.82, 2.24) is 9.38 Å². The van der Waals surface area contributed by atoms with Crippen molar-refractivity contribution in [2.75, 3.05) is 6.54 Å². The van der Waals surface area contributed by atoms with Crippen molar-refractivity contribution in [3.05, 3.63) is 41.9 Å². The van der Waals surface area contributed by atoms with Gasteiger partial charge in [-0.3, -0.25) is 0 Å². The lowest BCUT2D eigenvalue weighted by atomic mass is 10.1. The number of nitrogens with two attached hydrogens (primary N) is 1. The summed E-state index contributed by atoms with van der Waals surface area (Å²) in [6.45, 7) is 2.62. The topological polar surface area (TPSA) is 63.5 Å². The molecule has 0 saturated heterocycles. The highest BCUT2D eigenvalue weighted by Crippen LogP contribution is 2.25. The molecule has 3 rings (SSSR count). The summed E-state index contributed by atoms with van der Waals surface area (Å²) in [6, 6.07) is 7.33. The van der Waals surface area contributed by atoms with Crippen molar-refractivity contribution in [2.24, 2.45) is 5.73 Å². The van der Waals surface area contributed by atoms with E-state index in [1.807, 2.05) is 25.3 Å². The SMILES string of the molecule is Cc1nc2c3ccc(O)cc3ccn2c1CCN. The van der Waals surface area contributed by atoms with Crippen molar-refractivity contribution in [3.63, 3.8) is 0 Å². The minimum Gasteiger partial charge on any atom is -0.508 e. The lowest BCUT2D eigenvalue weighted by Crippen LogP contribution is -2.06. The Morgan fingerprint density at radius 2 is 2.17 bits per heavy atom. The van der Waals surface area contributed by atoms with Crippen molar-refractivity contribution in [1.29, 1.82) is 0 Å². The molecule has 18 heavy (non-hydrogen) atoms. The van der Waals surface area contributed by atoms with E-state index in [9.17, 15) is 5.11 Å². The maximum absolute atomic E-state index is 9.50. The summed E-state index contributed by atoms with van der Waals surface area (Å²) < 4.78 is 2.08. The van der Waals surface area contributed by atoms with Gasteiger partial charge in [-0.2, -0.15) is 0 Å². The maximum atomic E-state index is 9.50. The molecule has 3 N–H and O–H groups in total. The summed E-state index contributed by atoms with van der Waals surface area (Å²) in [5.74, 6) is 0.275. The molecule has 0 radical (unpaired) electrons. The zero-order valence-corrected chi connectivity index (χ0v) is 10.2. The highest BCUT2D eigenvalue weighted by atomic mass is 16.3. The lowest BCUT2D eigenvalue weighted by molar-refractivity contribution is 0.476. The minimum absolute atomic E-state index is 0.275. The van der Waals surface area contributed by atoms with Gasteiger partial charge in [0.05, 0.1) is 5.69 Å². The van der Waals surface area contributed by atoms with Crippen LogP contribution in [0.1, 0.15) is 11.4 Å². The molecule has 0 atom stereocenters. The highest BCUT2D eigenvalue weighted by Gasteiger charge is 2.10. The number of benzene rings is 1. The first-order valence-corrected chi connectivity index (χ1v) is 6.00. The van der Waals surface area contributed by atoms with Gasteiger partial charge in [-0.1, -0.05) is 0 Å². The summed E-state index contributed by atoms with van der Waals surface area (Å²) in [6.07, 6.45) is 2.80. The van der Waals surface area contributed by atoms with E-state index in [1.54, 1.807) is 12.1 Å². The fourth-order valence-corrected chi connectivity index (χ4v) is 2.41. The van der Waals surface area contributed by atoms with Gasteiger partial charge in [0.15, 0.2) is 0 Å². The van der Waals surface area contributed by atoms with Gasteiger partial charge in [0.1, 0.15) is 11.4 Å². The Balaban J connectivity index is 2.38. The first kappa shape index (κ1) is 11.0. The van der Waals surface area contributed by atoms with Crippen LogP contribution < -0.4 is 5.73 Å². The molecule has 4 heteroatoms. The molecule has 0 aliphatic heterocycles. The first-order valence-electron chi connectivity index (χ1n) is 6.00. The predicted molar refractivity (Wildman–Crippen MR) is 71.9 cm³/mol. The van der Waals surface area contributed by atoms with Gasteiger partial charge >= 0.3 is 0 Å². The Morgan fingerprint density at radius 3 is 2.94 bits per heavy atom. The number of aromatic hydroxyl groups is 1. The lowest BCUT2D eigenvalue weighted by Gasteiger charge is -2.04. The number of imidazole rings is 1. The minimum atomic E-state index is 0.275. The van der Waals surface area contributed by atoms with Gasteiger partial charge < -0.3 is 15.2 Å². The number of fused-ring (bicyclic) bond motifs is 3. The zero-order valence-electron chi connectivity index (χ0n) is 10.2. The summed E-state index contributed by atoms with van der Waals surface area (Å²) in [7, 11) is 0. The molecule has 2 aromatic heterocycles. The third-order valence-corrected chi connectivity index (χ3v) is 3.27. The van der Waals surface area contributed by atoms with Crippen LogP contribution in [0.25, 0.3) is 16.4 Å². The average molecular weight is 241 g/mol. The van der Waals surface area contributed by atoms with E-state index in [-0.39, 0.29) is 5.75 Å². The Morgan fingerprint density at radius 1 is 1.33 bits per heavy atom. The Labute approximate surface area is 105 Å². The second-order valence-electron chi connectivity index (χ2n) is 4.46. The van der Waals surface area contributed by atoms with E-state index >= 15 is 0 Å². The van der Waals surface area contributed by atoms with Crippen LogP contribution in [0.3, 0.4) is 0 Å². The molecule has 0 aliphatic carbocycles. The van der Waals surface area contributed by atoms with Crippen LogP contribution in [0, 0.1) is 6.92 Å². The fraction of sp³-hybridized carbons (Fsp3) is 0.214. The third-order valence-electron chi connectivity index (χ3n) is 3.27. The number of rotatable bonds is 2. The van der Waals surface area contributed by atoms with E-state index in [4.69, 9.17) is 5.73 Å². The number of aromatic nitrogens is 2. The van der Waals surface area contributed by atoms with Crippen LogP contribution in [0.15, 0.2) is 30.5 Å². The molecule has 0 amide bonds. The van der Waals surface area contributed by atoms with Gasteiger partial charge in [0, 0.05) is 23.7 Å². The zero-order chi connectivity index (χ0) is 12.7. The van der Waals surface area contributed by atoms with Crippen molar-refractivity contribution in [3.8, 4) is 5.75 Å².